The van der Waals surface area contributed by atoms with E-state index in [-0.39, 0.29) is 17.1 Å². The normalized spacial score (nSPS) is 21.0. The number of nitrogens with zero attached hydrogens (tertiary/aromatic N) is 2. The van der Waals surface area contributed by atoms with Crippen LogP contribution in [0.15, 0.2) is 39.9 Å². The number of aliphatic imine (C=N–C) groups is 1. The Hall–Kier alpha value is -2.50. The summed E-state index contributed by atoms with van der Waals surface area (Å²) in [4.78, 5) is 8.82. The molecule has 1 atom stereocenters. The number of para-hydroxylation sites is 1. The van der Waals surface area contributed by atoms with Gasteiger partial charge in [0.2, 0.25) is 5.89 Å². The quantitative estimate of drug-likeness (QED) is 0.591. The van der Waals surface area contributed by atoms with Gasteiger partial charge < -0.3 is 19.8 Å². The van der Waals surface area contributed by atoms with Crippen LogP contribution < -0.4 is 15.4 Å². The molecule has 1 aliphatic heterocycles. The molecular formula is C23H32N4O2. The maximum atomic E-state index is 6.46. The van der Waals surface area contributed by atoms with Crippen molar-refractivity contribution in [1.82, 2.24) is 15.6 Å². The molecule has 1 aromatic heterocycles. The summed E-state index contributed by atoms with van der Waals surface area (Å²) in [6.45, 7) is 6.84. The van der Waals surface area contributed by atoms with Crippen LogP contribution in [0.5, 0.6) is 5.75 Å². The summed E-state index contributed by atoms with van der Waals surface area (Å²) in [7, 11) is 1.79. The third kappa shape index (κ3) is 4.26. The summed E-state index contributed by atoms with van der Waals surface area (Å²) in [6.07, 6.45) is 7.49. The molecule has 1 unspecified atom stereocenters. The molecule has 6 nitrogen and oxygen atoms in total. The van der Waals surface area contributed by atoms with Crippen LogP contribution in [0.25, 0.3) is 0 Å². The number of hydrogen-bond donors (Lipinski definition) is 2. The summed E-state index contributed by atoms with van der Waals surface area (Å²) in [6, 6.07) is 8.51. The van der Waals surface area contributed by atoms with Crippen molar-refractivity contribution in [2.45, 2.75) is 76.5 Å². The summed E-state index contributed by atoms with van der Waals surface area (Å²) < 4.78 is 12.4. The number of hydrogen-bond acceptors (Lipinski definition) is 4. The molecule has 0 amide bonds. The monoisotopic (exact) mass is 396 g/mol. The Balaban J connectivity index is 1.46. The minimum absolute atomic E-state index is 0.0466. The third-order valence-corrected chi connectivity index (χ3v) is 5.95. The average Bonchev–Trinajstić information content (AvgIpc) is 3.34. The lowest BCUT2D eigenvalue weighted by Gasteiger charge is -2.40. The number of oxazole rings is 1. The number of aromatic nitrogens is 1. The van der Waals surface area contributed by atoms with Gasteiger partial charge in [0.15, 0.2) is 5.96 Å². The van der Waals surface area contributed by atoms with Gasteiger partial charge in [-0.05, 0) is 31.7 Å². The van der Waals surface area contributed by atoms with Crippen molar-refractivity contribution in [1.29, 1.82) is 0 Å². The van der Waals surface area contributed by atoms with Crippen molar-refractivity contribution in [3.8, 4) is 5.75 Å². The molecule has 1 aliphatic carbocycles. The van der Waals surface area contributed by atoms with E-state index >= 15 is 0 Å². The molecule has 6 heteroatoms. The van der Waals surface area contributed by atoms with Crippen LogP contribution in [0.4, 0.5) is 0 Å². The summed E-state index contributed by atoms with van der Waals surface area (Å²) in [5, 5.41) is 6.96. The molecule has 1 fully saturated rings. The zero-order valence-electron chi connectivity index (χ0n) is 17.9. The summed E-state index contributed by atoms with van der Waals surface area (Å²) >= 11 is 0. The maximum Gasteiger partial charge on any atom is 0.213 e. The predicted octanol–water partition coefficient (Wildman–Crippen LogP) is 4.47. The van der Waals surface area contributed by atoms with Gasteiger partial charge in [-0.3, -0.25) is 4.99 Å². The lowest BCUT2D eigenvalue weighted by Crippen LogP contribution is -2.46. The SMILES string of the molecule is CN=C(NCc1ncc(C(C)(C)C)o1)NC1CC2(CCCC2)Oc2ccccc21. The lowest BCUT2D eigenvalue weighted by molar-refractivity contribution is 0.0396. The molecule has 156 valence electrons. The number of nitrogens with one attached hydrogen (secondary N) is 2. The van der Waals surface area contributed by atoms with Crippen molar-refractivity contribution in [3.05, 3.63) is 47.7 Å². The van der Waals surface area contributed by atoms with Gasteiger partial charge in [-0.15, -0.1) is 0 Å². The number of ether oxygens (including phenoxy) is 1. The van der Waals surface area contributed by atoms with Gasteiger partial charge in [-0.25, -0.2) is 4.98 Å². The van der Waals surface area contributed by atoms with Gasteiger partial charge in [0.25, 0.3) is 0 Å². The van der Waals surface area contributed by atoms with Gasteiger partial charge in [0.1, 0.15) is 17.1 Å². The highest BCUT2D eigenvalue weighted by Crippen LogP contribution is 2.46. The second-order valence-electron chi connectivity index (χ2n) is 9.23. The highest BCUT2D eigenvalue weighted by atomic mass is 16.5. The zero-order valence-corrected chi connectivity index (χ0v) is 17.9. The molecule has 1 spiro atoms. The van der Waals surface area contributed by atoms with Gasteiger partial charge in [-0.1, -0.05) is 39.0 Å². The van der Waals surface area contributed by atoms with E-state index in [0.29, 0.717) is 12.4 Å². The molecular weight excluding hydrogens is 364 g/mol. The van der Waals surface area contributed by atoms with Crippen molar-refractivity contribution in [2.24, 2.45) is 4.99 Å². The standard InChI is InChI=1S/C23H32N4O2/c1-22(2,3)19-14-25-20(28-19)15-26-21(24-4)27-17-13-23(11-7-8-12-23)29-18-10-6-5-9-16(17)18/h5-6,9-10,14,17H,7-8,11-13,15H2,1-4H3,(H2,24,26,27). The fourth-order valence-electron chi connectivity index (χ4n) is 4.33. The fourth-order valence-corrected chi connectivity index (χ4v) is 4.33. The number of rotatable bonds is 3. The number of benzene rings is 1. The molecule has 2 N–H and O–H groups in total. The Morgan fingerprint density at radius 3 is 2.69 bits per heavy atom. The Kier molecular flexibility index (Phi) is 5.28. The van der Waals surface area contributed by atoms with Crippen LogP contribution >= 0.6 is 0 Å². The second-order valence-corrected chi connectivity index (χ2v) is 9.23. The van der Waals surface area contributed by atoms with Gasteiger partial charge in [0.05, 0.1) is 18.8 Å². The van der Waals surface area contributed by atoms with Crippen LogP contribution in [0, 0.1) is 0 Å². The van der Waals surface area contributed by atoms with Crippen LogP contribution in [0.2, 0.25) is 0 Å². The smallest absolute Gasteiger partial charge is 0.213 e. The second kappa shape index (κ2) is 7.73. The van der Waals surface area contributed by atoms with Crippen molar-refractivity contribution >= 4 is 5.96 Å². The molecule has 0 saturated heterocycles. The summed E-state index contributed by atoms with van der Waals surface area (Å²) in [5.74, 6) is 3.29. The van der Waals surface area contributed by atoms with E-state index in [0.717, 1.165) is 36.7 Å². The molecule has 1 aromatic carbocycles. The largest absolute Gasteiger partial charge is 0.487 e. The molecule has 2 aliphatic rings. The van der Waals surface area contributed by atoms with E-state index in [2.05, 4.69) is 59.6 Å². The van der Waals surface area contributed by atoms with E-state index in [1.54, 1.807) is 7.05 Å². The molecule has 1 saturated carbocycles. The minimum Gasteiger partial charge on any atom is -0.487 e. The van der Waals surface area contributed by atoms with Crippen LogP contribution in [0.1, 0.15) is 76.1 Å². The molecule has 2 aromatic rings. The Labute approximate surface area is 173 Å². The van der Waals surface area contributed by atoms with Crippen molar-refractivity contribution in [3.63, 3.8) is 0 Å². The van der Waals surface area contributed by atoms with Gasteiger partial charge in [0, 0.05) is 24.4 Å². The Morgan fingerprint density at radius 2 is 2.00 bits per heavy atom. The van der Waals surface area contributed by atoms with E-state index in [1.807, 2.05) is 12.3 Å². The topological polar surface area (TPSA) is 71.7 Å². The van der Waals surface area contributed by atoms with Crippen molar-refractivity contribution < 1.29 is 9.15 Å². The highest BCUT2D eigenvalue weighted by molar-refractivity contribution is 5.80. The van der Waals surface area contributed by atoms with Gasteiger partial charge in [-0.2, -0.15) is 0 Å². The Bertz CT molecular complexity index is 875. The van der Waals surface area contributed by atoms with E-state index in [4.69, 9.17) is 9.15 Å². The number of guanidine groups is 1. The molecule has 29 heavy (non-hydrogen) atoms. The van der Waals surface area contributed by atoms with E-state index in [1.165, 1.54) is 18.4 Å². The van der Waals surface area contributed by atoms with E-state index < -0.39 is 0 Å². The zero-order chi connectivity index (χ0) is 20.5. The average molecular weight is 397 g/mol. The van der Waals surface area contributed by atoms with E-state index in [9.17, 15) is 0 Å². The third-order valence-electron chi connectivity index (χ3n) is 5.95. The fraction of sp³-hybridized carbons (Fsp3) is 0.565. The molecule has 0 bridgehead atoms. The maximum absolute atomic E-state index is 6.46. The minimum atomic E-state index is -0.0490. The lowest BCUT2D eigenvalue weighted by atomic mass is 9.86. The predicted molar refractivity (Wildman–Crippen MR) is 114 cm³/mol. The van der Waals surface area contributed by atoms with Gasteiger partial charge >= 0.3 is 0 Å². The molecule has 0 radical (unpaired) electrons. The van der Waals surface area contributed by atoms with Crippen LogP contribution in [-0.2, 0) is 12.0 Å². The first-order chi connectivity index (χ1) is 13.9. The van der Waals surface area contributed by atoms with Crippen LogP contribution in [-0.4, -0.2) is 23.6 Å². The highest BCUT2D eigenvalue weighted by Gasteiger charge is 2.43. The Morgan fingerprint density at radius 1 is 1.24 bits per heavy atom. The summed E-state index contributed by atoms with van der Waals surface area (Å²) in [5.41, 5.74) is 1.10. The first-order valence-corrected chi connectivity index (χ1v) is 10.6. The van der Waals surface area contributed by atoms with Crippen molar-refractivity contribution in [2.75, 3.05) is 7.05 Å². The molecule has 2 heterocycles. The number of fused-ring (bicyclic) bond motifs is 1. The first-order valence-electron chi connectivity index (χ1n) is 10.6. The molecule has 4 rings (SSSR count). The van der Waals surface area contributed by atoms with Crippen LogP contribution in [0.3, 0.4) is 0 Å². The first kappa shape index (κ1) is 19.8.